The quantitative estimate of drug-likeness (QED) is 0.815. The molecule has 0 aliphatic rings. The van der Waals surface area contributed by atoms with Gasteiger partial charge in [0.2, 0.25) is 5.95 Å². The Kier molecular flexibility index (Phi) is 5.52. The van der Waals surface area contributed by atoms with Crippen LogP contribution >= 0.6 is 0 Å². The van der Waals surface area contributed by atoms with Gasteiger partial charge in [0.1, 0.15) is 5.82 Å². The third-order valence-corrected chi connectivity index (χ3v) is 2.32. The van der Waals surface area contributed by atoms with E-state index in [0.29, 0.717) is 0 Å². The van der Waals surface area contributed by atoms with Crippen LogP contribution in [0.5, 0.6) is 0 Å². The van der Waals surface area contributed by atoms with E-state index in [2.05, 4.69) is 15.3 Å². The molecule has 0 radical (unpaired) electrons. The molecule has 20 heavy (non-hydrogen) atoms. The first-order chi connectivity index (χ1) is 9.24. The van der Waals surface area contributed by atoms with Crippen LogP contribution in [-0.4, -0.2) is 55.5 Å². The van der Waals surface area contributed by atoms with Gasteiger partial charge >= 0.3 is 6.18 Å². The van der Waals surface area contributed by atoms with Crippen LogP contribution in [0.1, 0.15) is 5.69 Å². The van der Waals surface area contributed by atoms with Gasteiger partial charge in [0, 0.05) is 33.8 Å². The molecule has 0 aromatic carbocycles. The van der Waals surface area contributed by atoms with Crippen LogP contribution in [0.3, 0.4) is 0 Å². The molecule has 0 amide bonds. The largest absolute Gasteiger partial charge is 0.433 e. The number of aromatic nitrogens is 2. The highest BCUT2D eigenvalue weighted by Crippen LogP contribution is 2.30. The average Bonchev–Trinajstić information content (AvgIpc) is 2.35. The van der Waals surface area contributed by atoms with Crippen LogP contribution in [0.15, 0.2) is 6.07 Å². The molecule has 0 bridgehead atoms. The highest BCUT2D eigenvalue weighted by molar-refractivity contribution is 5.44. The summed E-state index contributed by atoms with van der Waals surface area (Å²) in [6, 6.07) is 0.858. The predicted octanol–water partition coefficient (Wildman–Crippen LogP) is 0.981. The molecule has 6 nitrogen and oxygen atoms in total. The van der Waals surface area contributed by atoms with Crippen molar-refractivity contribution in [3.05, 3.63) is 11.8 Å². The van der Waals surface area contributed by atoms with Crippen molar-refractivity contribution in [2.45, 2.75) is 12.3 Å². The second-order valence-electron chi connectivity index (χ2n) is 4.32. The molecule has 0 spiro atoms. The van der Waals surface area contributed by atoms with Crippen LogP contribution < -0.4 is 10.2 Å². The summed E-state index contributed by atoms with van der Waals surface area (Å²) in [5.74, 6) is -0.0743. The average molecular weight is 294 g/mol. The van der Waals surface area contributed by atoms with Gasteiger partial charge in [-0.05, 0) is 0 Å². The molecule has 0 aliphatic heterocycles. The van der Waals surface area contributed by atoms with Gasteiger partial charge < -0.3 is 20.1 Å². The monoisotopic (exact) mass is 294 g/mol. The van der Waals surface area contributed by atoms with Gasteiger partial charge in [0.15, 0.2) is 5.69 Å². The molecule has 0 saturated carbocycles. The summed E-state index contributed by atoms with van der Waals surface area (Å²) < 4.78 is 42.9. The van der Waals surface area contributed by atoms with Crippen molar-refractivity contribution in [3.63, 3.8) is 0 Å². The van der Waals surface area contributed by atoms with E-state index in [1.165, 1.54) is 12.0 Å². The van der Waals surface area contributed by atoms with Crippen molar-refractivity contribution in [2.75, 3.05) is 44.6 Å². The van der Waals surface area contributed by atoms with Crippen LogP contribution in [0.4, 0.5) is 24.9 Å². The van der Waals surface area contributed by atoms with Crippen LogP contribution in [-0.2, 0) is 10.9 Å². The van der Waals surface area contributed by atoms with Crippen LogP contribution in [0.2, 0.25) is 0 Å². The van der Waals surface area contributed by atoms with E-state index in [4.69, 9.17) is 4.74 Å². The van der Waals surface area contributed by atoms with Gasteiger partial charge in [-0.15, -0.1) is 0 Å². The van der Waals surface area contributed by atoms with Gasteiger partial charge in [0.05, 0.1) is 12.7 Å². The lowest BCUT2D eigenvalue weighted by molar-refractivity contribution is -0.141. The maximum atomic E-state index is 12.7. The van der Waals surface area contributed by atoms with E-state index in [1.807, 2.05) is 0 Å². The molecule has 0 aliphatic carbocycles. The zero-order chi connectivity index (χ0) is 15.3. The first kappa shape index (κ1) is 16.4. The zero-order valence-electron chi connectivity index (χ0n) is 11.4. The number of alkyl halides is 3. The number of hydrogen-bond acceptors (Lipinski definition) is 6. The Hall–Kier alpha value is -1.61. The van der Waals surface area contributed by atoms with Crippen molar-refractivity contribution in [3.8, 4) is 0 Å². The van der Waals surface area contributed by atoms with Gasteiger partial charge in [-0.3, -0.25) is 0 Å². The lowest BCUT2D eigenvalue weighted by Gasteiger charge is -2.16. The molecule has 114 valence electrons. The predicted molar refractivity (Wildman–Crippen MR) is 67.7 cm³/mol. The second-order valence-corrected chi connectivity index (χ2v) is 4.32. The third kappa shape index (κ3) is 4.82. The van der Waals surface area contributed by atoms with E-state index >= 15 is 0 Å². The van der Waals surface area contributed by atoms with Gasteiger partial charge in [-0.2, -0.15) is 18.2 Å². The number of nitrogens with zero attached hydrogens (tertiary/aromatic N) is 3. The molecular formula is C11H17F3N4O2. The Bertz CT molecular complexity index is 440. The molecular weight excluding hydrogens is 277 g/mol. The molecule has 1 unspecified atom stereocenters. The van der Waals surface area contributed by atoms with Gasteiger partial charge in [0.25, 0.3) is 0 Å². The number of nitrogens with one attached hydrogen (secondary N) is 1. The molecule has 1 heterocycles. The normalized spacial score (nSPS) is 13.2. The van der Waals surface area contributed by atoms with Crippen molar-refractivity contribution in [1.82, 2.24) is 9.97 Å². The van der Waals surface area contributed by atoms with Crippen molar-refractivity contribution >= 4 is 11.8 Å². The van der Waals surface area contributed by atoms with Gasteiger partial charge in [-0.25, -0.2) is 4.98 Å². The number of anilines is 2. The molecule has 9 heteroatoms. The molecule has 1 aromatic rings. The van der Waals surface area contributed by atoms with Gasteiger partial charge in [-0.1, -0.05) is 0 Å². The van der Waals surface area contributed by atoms with Crippen molar-refractivity contribution in [2.24, 2.45) is 0 Å². The number of aliphatic hydroxyl groups is 1. The second kappa shape index (κ2) is 6.71. The minimum atomic E-state index is -4.56. The fraction of sp³-hybridized carbons (Fsp3) is 0.636. The van der Waals surface area contributed by atoms with Crippen molar-refractivity contribution in [1.29, 1.82) is 0 Å². The third-order valence-electron chi connectivity index (χ3n) is 2.32. The molecule has 0 saturated heterocycles. The number of rotatable bonds is 6. The standard InChI is InChI=1S/C11H17F3N4O2/c1-18(2)9-4-8(11(12,13)14)16-10(17-9)15-5-7(19)6-20-3/h4,7,19H,5-6H2,1-3H3,(H,15,16,17). The lowest BCUT2D eigenvalue weighted by Crippen LogP contribution is -2.26. The summed E-state index contributed by atoms with van der Waals surface area (Å²) in [5, 5.41) is 12.0. The van der Waals surface area contributed by atoms with E-state index in [-0.39, 0.29) is 24.9 Å². The summed E-state index contributed by atoms with van der Waals surface area (Å²) in [4.78, 5) is 8.76. The van der Waals surface area contributed by atoms with E-state index in [1.54, 1.807) is 14.1 Å². The minimum Gasteiger partial charge on any atom is -0.389 e. The molecule has 1 rings (SSSR count). The zero-order valence-corrected chi connectivity index (χ0v) is 11.4. The topological polar surface area (TPSA) is 70.5 Å². The highest BCUT2D eigenvalue weighted by Gasteiger charge is 2.34. The summed E-state index contributed by atoms with van der Waals surface area (Å²) >= 11 is 0. The van der Waals surface area contributed by atoms with Crippen molar-refractivity contribution < 1.29 is 23.0 Å². The number of halogens is 3. The number of methoxy groups -OCH3 is 1. The first-order valence-corrected chi connectivity index (χ1v) is 5.78. The minimum absolute atomic E-state index is 0.0119. The Balaban J connectivity index is 2.92. The summed E-state index contributed by atoms with van der Waals surface area (Å²) in [6.45, 7) is 0.0501. The number of aliphatic hydroxyl groups excluding tert-OH is 1. The Morgan fingerprint density at radius 1 is 1.40 bits per heavy atom. The molecule has 0 fully saturated rings. The first-order valence-electron chi connectivity index (χ1n) is 5.78. The van der Waals surface area contributed by atoms with Crippen LogP contribution in [0.25, 0.3) is 0 Å². The summed E-state index contributed by atoms with van der Waals surface area (Å²) in [5.41, 5.74) is -1.04. The van der Waals surface area contributed by atoms with E-state index in [9.17, 15) is 18.3 Å². The smallest absolute Gasteiger partial charge is 0.389 e. The number of ether oxygens (including phenoxy) is 1. The van der Waals surface area contributed by atoms with E-state index in [0.717, 1.165) is 6.07 Å². The Labute approximate surface area is 114 Å². The fourth-order valence-corrected chi connectivity index (χ4v) is 1.35. The molecule has 1 aromatic heterocycles. The molecule has 1 atom stereocenters. The lowest BCUT2D eigenvalue weighted by atomic mass is 10.3. The maximum absolute atomic E-state index is 12.7. The number of hydrogen-bond donors (Lipinski definition) is 2. The fourth-order valence-electron chi connectivity index (χ4n) is 1.35. The Morgan fingerprint density at radius 3 is 2.55 bits per heavy atom. The van der Waals surface area contributed by atoms with Crippen LogP contribution in [0, 0.1) is 0 Å². The molecule has 2 N–H and O–H groups in total. The maximum Gasteiger partial charge on any atom is 0.433 e. The Morgan fingerprint density at radius 2 is 2.05 bits per heavy atom. The summed E-state index contributed by atoms with van der Waals surface area (Å²) in [7, 11) is 4.56. The summed E-state index contributed by atoms with van der Waals surface area (Å²) in [6.07, 6.45) is -5.42. The SMILES string of the molecule is COCC(O)CNc1nc(N(C)C)cc(C(F)(F)F)n1. The highest BCUT2D eigenvalue weighted by atomic mass is 19.4. The van der Waals surface area contributed by atoms with E-state index < -0.39 is 18.0 Å².